The lowest BCUT2D eigenvalue weighted by Crippen LogP contribution is -2.25. The molecule has 0 atom stereocenters. The number of hydroxylamine groups is 1. The minimum Gasteiger partial charge on any atom is -0.341 e. The monoisotopic (exact) mass is 213 g/mol. The van der Waals surface area contributed by atoms with Gasteiger partial charge in [0, 0.05) is 17.5 Å². The van der Waals surface area contributed by atoms with Crippen molar-refractivity contribution < 1.29 is 14.4 Å². The Morgan fingerprint density at radius 1 is 1.29 bits per heavy atom. The number of hydrogen-bond acceptors (Lipinski definition) is 3. The highest BCUT2D eigenvalue weighted by Gasteiger charge is 2.05. The van der Waals surface area contributed by atoms with Gasteiger partial charge in [0.2, 0.25) is 0 Å². The second kappa shape index (κ2) is 4.62. The van der Waals surface area contributed by atoms with Crippen LogP contribution in [-0.4, -0.2) is 11.9 Å². The minimum atomic E-state index is -0.577. The van der Waals surface area contributed by atoms with Gasteiger partial charge < -0.3 is 4.84 Å². The van der Waals surface area contributed by atoms with Gasteiger partial charge in [0.25, 0.3) is 5.91 Å². The van der Waals surface area contributed by atoms with Crippen LogP contribution >= 0.6 is 11.6 Å². The first kappa shape index (κ1) is 10.5. The Morgan fingerprint density at radius 2 is 1.86 bits per heavy atom. The van der Waals surface area contributed by atoms with Gasteiger partial charge in [-0.15, -0.1) is 0 Å². The molecule has 74 valence electrons. The van der Waals surface area contributed by atoms with E-state index in [9.17, 15) is 9.59 Å². The summed E-state index contributed by atoms with van der Waals surface area (Å²) in [6, 6.07) is 6.21. The fourth-order valence-corrected chi connectivity index (χ4v) is 0.904. The van der Waals surface area contributed by atoms with Crippen molar-refractivity contribution in [3.05, 3.63) is 34.9 Å². The quantitative estimate of drug-likeness (QED) is 0.720. The van der Waals surface area contributed by atoms with E-state index in [4.69, 9.17) is 11.6 Å². The number of carbonyl (C=O) groups excluding carboxylic acids is 2. The number of halogens is 1. The lowest BCUT2D eigenvalue weighted by atomic mass is 10.2. The molecule has 0 aliphatic rings. The van der Waals surface area contributed by atoms with E-state index in [0.29, 0.717) is 10.6 Å². The van der Waals surface area contributed by atoms with Crippen molar-refractivity contribution >= 4 is 23.5 Å². The fourth-order valence-electron chi connectivity index (χ4n) is 0.778. The Balaban J connectivity index is 2.61. The normalized spacial score (nSPS) is 9.29. The molecule has 0 aromatic heterocycles. The number of benzene rings is 1. The average Bonchev–Trinajstić information content (AvgIpc) is 2.15. The molecular formula is C9H8ClNO3. The molecule has 5 heteroatoms. The zero-order chi connectivity index (χ0) is 10.6. The molecular weight excluding hydrogens is 206 g/mol. The molecule has 0 heterocycles. The molecule has 0 spiro atoms. The van der Waals surface area contributed by atoms with Crippen LogP contribution in [0.25, 0.3) is 0 Å². The number of amides is 1. The van der Waals surface area contributed by atoms with Gasteiger partial charge in [-0.2, -0.15) is 5.48 Å². The number of hydrogen-bond donors (Lipinski definition) is 1. The van der Waals surface area contributed by atoms with Crippen molar-refractivity contribution in [3.8, 4) is 0 Å². The second-order valence-corrected chi connectivity index (χ2v) is 2.97. The third-order valence-corrected chi connectivity index (χ3v) is 1.65. The Hall–Kier alpha value is -1.55. The summed E-state index contributed by atoms with van der Waals surface area (Å²) >= 11 is 5.63. The van der Waals surface area contributed by atoms with Crippen molar-refractivity contribution in [2.45, 2.75) is 6.92 Å². The highest BCUT2D eigenvalue weighted by molar-refractivity contribution is 6.30. The summed E-state index contributed by atoms with van der Waals surface area (Å²) in [5.41, 5.74) is 2.36. The molecule has 1 aromatic rings. The van der Waals surface area contributed by atoms with E-state index in [1.165, 1.54) is 19.1 Å². The van der Waals surface area contributed by atoms with Crippen LogP contribution in [0.3, 0.4) is 0 Å². The predicted octanol–water partition coefficient (Wildman–Crippen LogP) is 1.55. The van der Waals surface area contributed by atoms with Gasteiger partial charge in [-0.25, -0.2) is 0 Å². The van der Waals surface area contributed by atoms with Gasteiger partial charge in [0.15, 0.2) is 0 Å². The molecule has 0 aliphatic carbocycles. The largest absolute Gasteiger partial charge is 0.341 e. The van der Waals surface area contributed by atoms with Gasteiger partial charge in [-0.1, -0.05) is 11.6 Å². The maximum absolute atomic E-state index is 11.2. The zero-order valence-electron chi connectivity index (χ0n) is 7.41. The molecule has 0 saturated heterocycles. The minimum absolute atomic E-state index is 0.371. The van der Waals surface area contributed by atoms with Crippen LogP contribution in [0.5, 0.6) is 0 Å². The van der Waals surface area contributed by atoms with Gasteiger partial charge in [0.05, 0.1) is 0 Å². The Labute approximate surface area is 85.8 Å². The van der Waals surface area contributed by atoms with Crippen LogP contribution in [0.4, 0.5) is 0 Å². The maximum Gasteiger partial charge on any atom is 0.329 e. The molecule has 0 saturated carbocycles. The Kier molecular flexibility index (Phi) is 3.48. The van der Waals surface area contributed by atoms with E-state index in [1.54, 1.807) is 12.1 Å². The smallest absolute Gasteiger partial charge is 0.329 e. The van der Waals surface area contributed by atoms with E-state index in [1.807, 2.05) is 5.48 Å². The van der Waals surface area contributed by atoms with Gasteiger partial charge >= 0.3 is 5.97 Å². The van der Waals surface area contributed by atoms with Crippen LogP contribution in [0.1, 0.15) is 17.3 Å². The molecule has 1 amide bonds. The first-order chi connectivity index (χ1) is 6.59. The molecule has 0 fully saturated rings. The van der Waals surface area contributed by atoms with Crippen LogP contribution in [0.15, 0.2) is 24.3 Å². The summed E-state index contributed by atoms with van der Waals surface area (Å²) in [6.07, 6.45) is 0. The molecule has 0 bridgehead atoms. The molecule has 1 N–H and O–H groups in total. The van der Waals surface area contributed by atoms with Crippen molar-refractivity contribution in [1.29, 1.82) is 0 Å². The van der Waals surface area contributed by atoms with Crippen LogP contribution in [0, 0.1) is 0 Å². The summed E-state index contributed by atoms with van der Waals surface area (Å²) in [5, 5.41) is 0.536. The third kappa shape index (κ3) is 3.06. The Bertz CT molecular complexity index is 348. The molecule has 0 radical (unpaired) electrons. The number of carbonyl (C=O) groups is 2. The summed E-state index contributed by atoms with van der Waals surface area (Å²) < 4.78 is 0. The highest BCUT2D eigenvalue weighted by Crippen LogP contribution is 2.09. The SMILES string of the molecule is CC(=O)ONC(=O)c1ccc(Cl)cc1. The van der Waals surface area contributed by atoms with E-state index in [-0.39, 0.29) is 0 Å². The van der Waals surface area contributed by atoms with Crippen LogP contribution in [-0.2, 0) is 9.63 Å². The van der Waals surface area contributed by atoms with Crippen molar-refractivity contribution in [3.63, 3.8) is 0 Å². The summed E-state index contributed by atoms with van der Waals surface area (Å²) in [6.45, 7) is 1.20. The highest BCUT2D eigenvalue weighted by atomic mass is 35.5. The first-order valence-electron chi connectivity index (χ1n) is 3.83. The van der Waals surface area contributed by atoms with Gasteiger partial charge in [-0.3, -0.25) is 9.59 Å². The standard InChI is InChI=1S/C9H8ClNO3/c1-6(12)14-11-9(13)7-2-4-8(10)5-3-7/h2-5H,1H3,(H,11,13). The fraction of sp³-hybridized carbons (Fsp3) is 0.111. The van der Waals surface area contributed by atoms with E-state index in [0.717, 1.165) is 0 Å². The lowest BCUT2D eigenvalue weighted by molar-refractivity contribution is -0.146. The molecule has 0 aliphatic heterocycles. The third-order valence-electron chi connectivity index (χ3n) is 1.39. The number of rotatable bonds is 1. The van der Waals surface area contributed by atoms with Gasteiger partial charge in [0.1, 0.15) is 0 Å². The van der Waals surface area contributed by atoms with Crippen molar-refractivity contribution in [2.24, 2.45) is 0 Å². The summed E-state index contributed by atoms with van der Waals surface area (Å²) in [7, 11) is 0. The van der Waals surface area contributed by atoms with E-state index < -0.39 is 11.9 Å². The van der Waals surface area contributed by atoms with E-state index in [2.05, 4.69) is 4.84 Å². The average molecular weight is 214 g/mol. The lowest BCUT2D eigenvalue weighted by Gasteiger charge is -2.02. The van der Waals surface area contributed by atoms with E-state index >= 15 is 0 Å². The molecule has 0 unspecified atom stereocenters. The second-order valence-electron chi connectivity index (χ2n) is 2.53. The van der Waals surface area contributed by atoms with Crippen LogP contribution in [0.2, 0.25) is 5.02 Å². The summed E-state index contributed by atoms with van der Waals surface area (Å²) in [5.74, 6) is -1.07. The van der Waals surface area contributed by atoms with Crippen molar-refractivity contribution in [1.82, 2.24) is 5.48 Å². The first-order valence-corrected chi connectivity index (χ1v) is 4.20. The summed E-state index contributed by atoms with van der Waals surface area (Å²) in [4.78, 5) is 25.9. The van der Waals surface area contributed by atoms with Crippen molar-refractivity contribution in [2.75, 3.05) is 0 Å². The maximum atomic E-state index is 11.2. The topological polar surface area (TPSA) is 55.4 Å². The zero-order valence-corrected chi connectivity index (χ0v) is 8.17. The Morgan fingerprint density at radius 3 is 2.36 bits per heavy atom. The molecule has 1 rings (SSSR count). The number of nitrogens with one attached hydrogen (secondary N) is 1. The molecule has 1 aromatic carbocycles. The predicted molar refractivity (Wildman–Crippen MR) is 50.7 cm³/mol. The molecule has 4 nitrogen and oxygen atoms in total. The van der Waals surface area contributed by atoms with Crippen LogP contribution < -0.4 is 5.48 Å². The molecule has 14 heavy (non-hydrogen) atoms. The van der Waals surface area contributed by atoms with Gasteiger partial charge in [-0.05, 0) is 24.3 Å².